The average molecular weight is 370 g/mol. The summed E-state index contributed by atoms with van der Waals surface area (Å²) in [6, 6.07) is 2.45. The summed E-state index contributed by atoms with van der Waals surface area (Å²) in [4.78, 5) is 15.4. The average Bonchev–Trinajstić information content (AvgIpc) is 2.61. The molecule has 3 rings (SSSR count). The van der Waals surface area contributed by atoms with Gasteiger partial charge in [-0.15, -0.1) is 11.3 Å². The van der Waals surface area contributed by atoms with Crippen LogP contribution in [0.25, 0.3) is 0 Å². The van der Waals surface area contributed by atoms with E-state index in [9.17, 15) is 4.79 Å². The molecular formula is C17H24BrNOS. The lowest BCUT2D eigenvalue weighted by Gasteiger charge is -2.21. The SMILES string of the molecule is O=C(NC1CCCCCC1Br)c1cc2c(s1)CCCCC2. The molecule has 21 heavy (non-hydrogen) atoms. The largest absolute Gasteiger partial charge is 0.347 e. The molecule has 2 nitrogen and oxygen atoms in total. The van der Waals surface area contributed by atoms with E-state index in [1.54, 1.807) is 11.3 Å². The molecule has 0 bridgehead atoms. The summed E-state index contributed by atoms with van der Waals surface area (Å²) in [6.07, 6.45) is 12.3. The summed E-state index contributed by atoms with van der Waals surface area (Å²) in [6.45, 7) is 0. The Morgan fingerprint density at radius 2 is 1.86 bits per heavy atom. The summed E-state index contributed by atoms with van der Waals surface area (Å²) < 4.78 is 0. The summed E-state index contributed by atoms with van der Waals surface area (Å²) in [5.41, 5.74) is 1.43. The summed E-state index contributed by atoms with van der Waals surface area (Å²) in [5, 5.41) is 3.27. The van der Waals surface area contributed by atoms with E-state index in [0.29, 0.717) is 10.9 Å². The van der Waals surface area contributed by atoms with E-state index in [1.165, 1.54) is 55.4 Å². The van der Waals surface area contributed by atoms with Crippen molar-refractivity contribution in [2.75, 3.05) is 0 Å². The van der Waals surface area contributed by atoms with Gasteiger partial charge in [-0.1, -0.05) is 41.6 Å². The van der Waals surface area contributed by atoms with Gasteiger partial charge < -0.3 is 5.32 Å². The third-order valence-corrected chi connectivity index (χ3v) is 7.05. The van der Waals surface area contributed by atoms with Crippen molar-refractivity contribution in [3.05, 3.63) is 21.4 Å². The first kappa shape index (κ1) is 15.5. The molecule has 4 heteroatoms. The number of hydrogen-bond donors (Lipinski definition) is 1. The van der Waals surface area contributed by atoms with Crippen LogP contribution >= 0.6 is 27.3 Å². The van der Waals surface area contributed by atoms with Crippen LogP contribution in [0.2, 0.25) is 0 Å². The van der Waals surface area contributed by atoms with Crippen LogP contribution in [0.15, 0.2) is 6.07 Å². The van der Waals surface area contributed by atoms with Crippen molar-refractivity contribution in [1.82, 2.24) is 5.32 Å². The zero-order valence-electron chi connectivity index (χ0n) is 12.5. The van der Waals surface area contributed by atoms with Crippen LogP contribution in [0.3, 0.4) is 0 Å². The maximum atomic E-state index is 12.6. The number of alkyl halides is 1. The Morgan fingerprint density at radius 1 is 1.10 bits per heavy atom. The first-order valence-electron chi connectivity index (χ1n) is 8.30. The normalized spacial score (nSPS) is 26.5. The number of hydrogen-bond acceptors (Lipinski definition) is 2. The van der Waals surface area contributed by atoms with Crippen molar-refractivity contribution < 1.29 is 4.79 Å². The molecule has 1 amide bonds. The van der Waals surface area contributed by atoms with Crippen LogP contribution in [0.1, 0.15) is 71.5 Å². The van der Waals surface area contributed by atoms with Crippen LogP contribution in [0, 0.1) is 0 Å². The van der Waals surface area contributed by atoms with Gasteiger partial charge in [0.15, 0.2) is 0 Å². The number of thiophene rings is 1. The molecule has 2 atom stereocenters. The lowest BCUT2D eigenvalue weighted by molar-refractivity contribution is 0.0939. The van der Waals surface area contributed by atoms with E-state index >= 15 is 0 Å². The Morgan fingerprint density at radius 3 is 2.76 bits per heavy atom. The van der Waals surface area contributed by atoms with Crippen molar-refractivity contribution >= 4 is 33.2 Å². The van der Waals surface area contributed by atoms with Gasteiger partial charge in [0.05, 0.1) is 4.88 Å². The Kier molecular flexibility index (Phi) is 5.38. The molecule has 2 unspecified atom stereocenters. The van der Waals surface area contributed by atoms with Crippen molar-refractivity contribution in [3.8, 4) is 0 Å². The van der Waals surface area contributed by atoms with Gasteiger partial charge in [0.2, 0.25) is 0 Å². The number of carbonyl (C=O) groups excluding carboxylic acids is 1. The lowest BCUT2D eigenvalue weighted by Crippen LogP contribution is -2.40. The first-order valence-corrected chi connectivity index (χ1v) is 10.0. The number of amides is 1. The van der Waals surface area contributed by atoms with Gasteiger partial charge in [-0.2, -0.15) is 0 Å². The fourth-order valence-electron chi connectivity index (χ4n) is 3.44. The van der Waals surface area contributed by atoms with Crippen molar-refractivity contribution in [2.24, 2.45) is 0 Å². The molecule has 1 saturated carbocycles. The highest BCUT2D eigenvalue weighted by molar-refractivity contribution is 9.09. The standard InChI is InChI=1S/C17H24BrNOS/c18-13-8-4-2-5-9-14(13)19-17(20)16-11-12-7-3-1-6-10-15(12)21-16/h11,13-14H,1-10H2,(H,19,20). The lowest BCUT2D eigenvalue weighted by atomic mass is 10.1. The first-order chi connectivity index (χ1) is 10.2. The maximum absolute atomic E-state index is 12.6. The number of fused-ring (bicyclic) bond motifs is 1. The highest BCUT2D eigenvalue weighted by atomic mass is 79.9. The smallest absolute Gasteiger partial charge is 0.261 e. The van der Waals surface area contributed by atoms with Gasteiger partial charge in [0, 0.05) is 15.7 Å². The fourth-order valence-corrected chi connectivity index (χ4v) is 5.32. The quantitative estimate of drug-likeness (QED) is 0.450. The monoisotopic (exact) mass is 369 g/mol. The van der Waals surface area contributed by atoms with E-state index in [4.69, 9.17) is 0 Å². The number of rotatable bonds is 2. The van der Waals surface area contributed by atoms with Crippen molar-refractivity contribution in [1.29, 1.82) is 0 Å². The minimum absolute atomic E-state index is 0.143. The minimum Gasteiger partial charge on any atom is -0.347 e. The molecule has 116 valence electrons. The van der Waals surface area contributed by atoms with Gasteiger partial charge >= 0.3 is 0 Å². The number of nitrogens with one attached hydrogen (secondary N) is 1. The second kappa shape index (κ2) is 7.28. The Balaban J connectivity index is 1.67. The second-order valence-corrected chi connectivity index (χ2v) is 8.67. The summed E-state index contributed by atoms with van der Waals surface area (Å²) in [7, 11) is 0. The number of halogens is 1. The van der Waals surface area contributed by atoms with E-state index in [-0.39, 0.29) is 5.91 Å². The molecule has 0 aliphatic heterocycles. The minimum atomic E-state index is 0.143. The molecule has 2 aliphatic rings. The third-order valence-electron chi connectivity index (χ3n) is 4.72. The van der Waals surface area contributed by atoms with Crippen LogP contribution in [0.5, 0.6) is 0 Å². The molecule has 1 N–H and O–H groups in total. The molecule has 2 aliphatic carbocycles. The number of carbonyl (C=O) groups is 1. The molecule has 0 spiro atoms. The van der Waals surface area contributed by atoms with Crippen LogP contribution in [-0.4, -0.2) is 16.8 Å². The van der Waals surface area contributed by atoms with E-state index in [1.807, 2.05) is 0 Å². The molecule has 0 radical (unpaired) electrons. The topological polar surface area (TPSA) is 29.1 Å². The van der Waals surface area contributed by atoms with Gasteiger partial charge in [0.25, 0.3) is 5.91 Å². The third kappa shape index (κ3) is 3.89. The number of aryl methyl sites for hydroxylation is 2. The van der Waals surface area contributed by atoms with Crippen LogP contribution < -0.4 is 5.32 Å². The van der Waals surface area contributed by atoms with Gasteiger partial charge in [-0.3, -0.25) is 4.79 Å². The fraction of sp³-hybridized carbons (Fsp3) is 0.706. The highest BCUT2D eigenvalue weighted by Crippen LogP contribution is 2.30. The molecule has 1 heterocycles. The van der Waals surface area contributed by atoms with Crippen molar-refractivity contribution in [2.45, 2.75) is 75.1 Å². The van der Waals surface area contributed by atoms with E-state index < -0.39 is 0 Å². The predicted molar refractivity (Wildman–Crippen MR) is 92.6 cm³/mol. The Labute approximate surface area is 139 Å². The predicted octanol–water partition coefficient (Wildman–Crippen LogP) is 4.84. The summed E-state index contributed by atoms with van der Waals surface area (Å²) in [5.74, 6) is 0.143. The molecule has 1 fully saturated rings. The van der Waals surface area contributed by atoms with Gasteiger partial charge in [-0.25, -0.2) is 0 Å². The second-order valence-electron chi connectivity index (χ2n) is 6.35. The van der Waals surface area contributed by atoms with E-state index in [2.05, 4.69) is 27.3 Å². The van der Waals surface area contributed by atoms with Crippen LogP contribution in [-0.2, 0) is 12.8 Å². The van der Waals surface area contributed by atoms with Crippen molar-refractivity contribution in [3.63, 3.8) is 0 Å². The molecule has 0 saturated heterocycles. The zero-order chi connectivity index (χ0) is 14.7. The molecular weight excluding hydrogens is 346 g/mol. The zero-order valence-corrected chi connectivity index (χ0v) is 14.9. The van der Waals surface area contributed by atoms with Gasteiger partial charge in [-0.05, 0) is 50.2 Å². The Hall–Kier alpha value is -0.350. The van der Waals surface area contributed by atoms with Gasteiger partial charge in [0.1, 0.15) is 0 Å². The summed E-state index contributed by atoms with van der Waals surface area (Å²) >= 11 is 5.49. The molecule has 1 aromatic heterocycles. The highest BCUT2D eigenvalue weighted by Gasteiger charge is 2.24. The maximum Gasteiger partial charge on any atom is 0.261 e. The Bertz CT molecular complexity index is 475. The van der Waals surface area contributed by atoms with Crippen LogP contribution in [0.4, 0.5) is 0 Å². The molecule has 0 aromatic carbocycles. The van der Waals surface area contributed by atoms with E-state index in [0.717, 1.165) is 24.1 Å². The molecule has 1 aromatic rings.